The van der Waals surface area contributed by atoms with E-state index in [4.69, 9.17) is 9.47 Å². The maximum Gasteiger partial charge on any atom is 0.155 e. The average Bonchev–Trinajstić information content (AvgIpc) is 3.32. The molecule has 2 atom stereocenters. The van der Waals surface area contributed by atoms with Gasteiger partial charge in [0.15, 0.2) is 5.78 Å². The van der Waals surface area contributed by atoms with E-state index in [0.29, 0.717) is 32.2 Å². The number of hydrogen-bond donors (Lipinski definition) is 0. The van der Waals surface area contributed by atoms with Gasteiger partial charge in [-0.2, -0.15) is 0 Å². The molecule has 5 heteroatoms. The molecule has 1 fully saturated rings. The first-order valence-corrected chi connectivity index (χ1v) is 18.5. The first-order chi connectivity index (χ1) is 18.4. The van der Waals surface area contributed by atoms with E-state index in [1.165, 1.54) is 21.9 Å². The molecule has 3 nitrogen and oxygen atoms in total. The summed E-state index contributed by atoms with van der Waals surface area (Å²) in [5.41, 5.74) is 3.97. The molecule has 1 unspecified atom stereocenters. The summed E-state index contributed by atoms with van der Waals surface area (Å²) in [6.45, 7) is 14.2. The molecule has 2 aromatic carbocycles. The minimum absolute atomic E-state index is 0.0425. The predicted molar refractivity (Wildman–Crippen MR) is 161 cm³/mol. The van der Waals surface area contributed by atoms with Crippen molar-refractivity contribution in [3.8, 4) is 0 Å². The Morgan fingerprint density at radius 3 is 1.74 bits per heavy atom. The molecule has 0 saturated heterocycles. The number of benzene rings is 2. The van der Waals surface area contributed by atoms with E-state index in [9.17, 15) is 4.79 Å². The second-order valence-electron chi connectivity index (χ2n) is 11.6. The number of carbonyl (C=O) groups is 1. The van der Waals surface area contributed by atoms with Crippen LogP contribution in [0.2, 0.25) is 29.7 Å². The lowest BCUT2D eigenvalue weighted by molar-refractivity contribution is -0.116. The highest BCUT2D eigenvalue weighted by Gasteiger charge is 2.61. The van der Waals surface area contributed by atoms with Crippen LogP contribution in [0, 0.1) is 10.8 Å². The molecule has 1 saturated carbocycles. The van der Waals surface area contributed by atoms with Crippen LogP contribution in [0.3, 0.4) is 0 Å². The molecule has 0 spiro atoms. The molecular weight excluding hydrogens is 501 g/mol. The van der Waals surface area contributed by atoms with E-state index < -0.39 is 17.6 Å². The second kappa shape index (κ2) is 13.0. The highest BCUT2D eigenvalue weighted by atomic mass is 28.3. The van der Waals surface area contributed by atoms with Crippen LogP contribution in [-0.4, -0.2) is 36.6 Å². The second-order valence-corrected chi connectivity index (χ2v) is 18.0. The van der Waals surface area contributed by atoms with Crippen LogP contribution in [0.15, 0.2) is 71.4 Å². The monoisotopic (exact) mass is 546 g/mol. The van der Waals surface area contributed by atoms with Gasteiger partial charge in [0.25, 0.3) is 0 Å². The van der Waals surface area contributed by atoms with Crippen LogP contribution in [0.25, 0.3) is 0 Å². The largest absolute Gasteiger partial charge is 0.376 e. The summed E-state index contributed by atoms with van der Waals surface area (Å²) >= 11 is 0. The Bertz CT molecular complexity index is 1030. The molecule has 0 bridgehead atoms. The van der Waals surface area contributed by atoms with Crippen LogP contribution in [0.4, 0.5) is 0 Å². The van der Waals surface area contributed by atoms with Crippen LogP contribution < -0.4 is 0 Å². The summed E-state index contributed by atoms with van der Waals surface area (Å²) in [5.74, 6) is 0.543. The molecule has 0 aromatic heterocycles. The average molecular weight is 547 g/mol. The number of Topliss-reactive ketones (excluding diaryl/α,β-unsaturated/α-hetero) is 1. The zero-order chi connectivity index (χ0) is 27.2. The molecule has 2 aliphatic rings. The number of ketones is 1. The van der Waals surface area contributed by atoms with E-state index >= 15 is 0 Å². The van der Waals surface area contributed by atoms with E-state index in [2.05, 4.69) is 83.1 Å². The van der Waals surface area contributed by atoms with Crippen molar-refractivity contribution >= 4 is 23.4 Å². The van der Waals surface area contributed by atoms with Gasteiger partial charge in [0.2, 0.25) is 0 Å². The number of fused-ring (bicyclic) bond motifs is 1. The van der Waals surface area contributed by atoms with Gasteiger partial charge in [-0.1, -0.05) is 125 Å². The molecule has 0 N–H and O–H groups in total. The number of hydrogen-bond acceptors (Lipinski definition) is 3. The summed E-state index contributed by atoms with van der Waals surface area (Å²) in [4.78, 5) is 14.2. The minimum Gasteiger partial charge on any atom is -0.376 e. The Labute approximate surface area is 234 Å². The Kier molecular flexibility index (Phi) is 10.0. The zero-order valence-electron chi connectivity index (χ0n) is 24.1. The maximum absolute atomic E-state index is 14.2. The van der Waals surface area contributed by atoms with Gasteiger partial charge in [-0.25, -0.2) is 0 Å². The third-order valence-corrected chi connectivity index (χ3v) is 15.5. The molecule has 38 heavy (non-hydrogen) atoms. The molecule has 2 aliphatic carbocycles. The Balaban J connectivity index is 1.65. The number of rotatable bonds is 14. The van der Waals surface area contributed by atoms with Gasteiger partial charge in [-0.3, -0.25) is 4.79 Å². The molecular formula is C33H46O3Si2. The molecule has 0 amide bonds. The van der Waals surface area contributed by atoms with Crippen LogP contribution in [0.1, 0.15) is 58.6 Å². The fourth-order valence-electron chi connectivity index (χ4n) is 7.21. The number of ether oxygens (including phenoxy) is 2. The SMILES string of the molecule is CC[Si](CC)C1=C2CC(COCc3ccccc3)(COCc3ccccc3)C[C@]2(C)C([Si](CC)CC)C1=O. The first kappa shape index (κ1) is 29.2. The van der Waals surface area contributed by atoms with Crippen molar-refractivity contribution < 1.29 is 14.3 Å². The molecule has 0 aliphatic heterocycles. The fourth-order valence-corrected chi connectivity index (χ4v) is 12.9. The smallest absolute Gasteiger partial charge is 0.155 e. The van der Waals surface area contributed by atoms with Crippen LogP contribution in [-0.2, 0) is 27.5 Å². The summed E-state index contributed by atoms with van der Waals surface area (Å²) < 4.78 is 12.9. The van der Waals surface area contributed by atoms with Crippen molar-refractivity contribution in [2.24, 2.45) is 10.8 Å². The molecule has 2 radical (unpaired) electrons. The Hall–Kier alpha value is -1.80. The quantitative estimate of drug-likeness (QED) is 0.225. The summed E-state index contributed by atoms with van der Waals surface area (Å²) in [5, 5.41) is 1.30. The molecule has 204 valence electrons. The van der Waals surface area contributed by atoms with Crippen molar-refractivity contribution in [2.45, 2.75) is 90.4 Å². The van der Waals surface area contributed by atoms with Crippen molar-refractivity contribution in [3.63, 3.8) is 0 Å². The Morgan fingerprint density at radius 1 is 0.789 bits per heavy atom. The number of carbonyl (C=O) groups excluding carboxylic acids is 1. The van der Waals surface area contributed by atoms with E-state index in [-0.39, 0.29) is 16.4 Å². The lowest BCUT2D eigenvalue weighted by atomic mass is 9.79. The normalized spacial score (nSPS) is 22.6. The van der Waals surface area contributed by atoms with Gasteiger partial charge in [0, 0.05) is 11.0 Å². The lowest BCUT2D eigenvalue weighted by Crippen LogP contribution is -2.38. The van der Waals surface area contributed by atoms with E-state index in [1.807, 2.05) is 12.1 Å². The minimum atomic E-state index is -0.832. The maximum atomic E-state index is 14.2. The van der Waals surface area contributed by atoms with Crippen molar-refractivity contribution in [3.05, 3.63) is 82.6 Å². The lowest BCUT2D eigenvalue weighted by Gasteiger charge is -2.37. The van der Waals surface area contributed by atoms with Gasteiger partial charge in [-0.15, -0.1) is 0 Å². The highest BCUT2D eigenvalue weighted by Crippen LogP contribution is 2.65. The van der Waals surface area contributed by atoms with Crippen molar-refractivity contribution in [1.82, 2.24) is 0 Å². The van der Waals surface area contributed by atoms with Gasteiger partial charge in [0.05, 0.1) is 44.0 Å². The zero-order valence-corrected chi connectivity index (χ0v) is 26.1. The topological polar surface area (TPSA) is 35.5 Å². The molecule has 2 aromatic rings. The van der Waals surface area contributed by atoms with E-state index in [0.717, 1.165) is 37.0 Å². The number of allylic oxidation sites excluding steroid dienone is 2. The third kappa shape index (κ3) is 6.01. The third-order valence-electron chi connectivity index (χ3n) is 8.99. The highest BCUT2D eigenvalue weighted by molar-refractivity contribution is 6.77. The van der Waals surface area contributed by atoms with Gasteiger partial charge in [0.1, 0.15) is 0 Å². The Morgan fingerprint density at radius 2 is 1.29 bits per heavy atom. The van der Waals surface area contributed by atoms with Gasteiger partial charge < -0.3 is 9.47 Å². The van der Waals surface area contributed by atoms with Crippen LogP contribution >= 0.6 is 0 Å². The predicted octanol–water partition coefficient (Wildman–Crippen LogP) is 8.06. The molecule has 0 heterocycles. The molecule has 4 rings (SSSR count). The summed E-state index contributed by atoms with van der Waals surface area (Å²) in [7, 11) is -1.61. The van der Waals surface area contributed by atoms with E-state index in [1.54, 1.807) is 0 Å². The van der Waals surface area contributed by atoms with Crippen LogP contribution in [0.5, 0.6) is 0 Å². The van der Waals surface area contributed by atoms with Crippen molar-refractivity contribution in [2.75, 3.05) is 13.2 Å². The van der Waals surface area contributed by atoms with Gasteiger partial charge >= 0.3 is 0 Å². The van der Waals surface area contributed by atoms with Gasteiger partial charge in [-0.05, 0) is 34.6 Å². The first-order valence-electron chi connectivity index (χ1n) is 14.6. The fraction of sp³-hybridized carbons (Fsp3) is 0.545. The summed E-state index contributed by atoms with van der Waals surface area (Å²) in [6, 6.07) is 25.5. The standard InChI is InChI=1S/C33H46O3Si2/c1-6-37(7-2)30-28-20-33(24-35-21-26-16-12-10-13-17-26,25-36-22-27-18-14-11-15-19-27)23-32(28,5)31(29(30)34)38(8-3)9-4/h10-19,31H,6-9,20-25H2,1-5H3/t31?,32-/m0/s1. The summed E-state index contributed by atoms with van der Waals surface area (Å²) in [6.07, 6.45) is 1.94. The van der Waals surface area contributed by atoms with Crippen molar-refractivity contribution in [1.29, 1.82) is 0 Å².